The van der Waals surface area contributed by atoms with Crippen LogP contribution < -0.4 is 0 Å². The van der Waals surface area contributed by atoms with Gasteiger partial charge in [0.2, 0.25) is 0 Å². The molecule has 4 nitrogen and oxygen atoms in total. The Morgan fingerprint density at radius 3 is 2.21 bits per heavy atom. The van der Waals surface area contributed by atoms with Gasteiger partial charge in [0.05, 0.1) is 23.9 Å². The van der Waals surface area contributed by atoms with Crippen molar-refractivity contribution < 1.29 is 20.4 Å². The van der Waals surface area contributed by atoms with Crippen LogP contribution in [-0.2, 0) is 0 Å². The summed E-state index contributed by atoms with van der Waals surface area (Å²) >= 11 is 0. The summed E-state index contributed by atoms with van der Waals surface area (Å²) in [6.45, 7) is 19.5. The van der Waals surface area contributed by atoms with Crippen molar-refractivity contribution in [1.82, 2.24) is 0 Å². The number of aliphatic hydroxyl groups is 4. The topological polar surface area (TPSA) is 80.9 Å². The molecule has 0 aromatic carbocycles. The molecule has 2 unspecified atom stereocenters. The van der Waals surface area contributed by atoms with Crippen LogP contribution in [0.1, 0.15) is 106 Å². The molecule has 4 aliphatic carbocycles. The van der Waals surface area contributed by atoms with Crippen LogP contribution in [0, 0.1) is 45.3 Å². The SMILES string of the molecule is C=C(C)[C@H](O)CC[C@](C)(O)[C@H]1CC[C@]2(C)[C@@H]1[C@H](O)CC1[C@@]3(C)CC[C@@H](O)C(C)(C)C3CC[C@]12C. The lowest BCUT2D eigenvalue weighted by Gasteiger charge is -2.70. The quantitative estimate of drug-likeness (QED) is 0.397. The van der Waals surface area contributed by atoms with Crippen LogP contribution in [0.4, 0.5) is 0 Å². The zero-order chi connectivity index (χ0) is 25.5. The van der Waals surface area contributed by atoms with Crippen LogP contribution in [-0.4, -0.2) is 44.3 Å². The summed E-state index contributed by atoms with van der Waals surface area (Å²) in [7, 11) is 0. The van der Waals surface area contributed by atoms with Crippen LogP contribution in [0.2, 0.25) is 0 Å². The third kappa shape index (κ3) is 3.60. The fraction of sp³-hybridized carbons (Fsp3) is 0.933. The zero-order valence-corrected chi connectivity index (χ0v) is 22.9. The molecule has 0 aliphatic heterocycles. The highest BCUT2D eigenvalue weighted by Crippen LogP contribution is 2.75. The highest BCUT2D eigenvalue weighted by Gasteiger charge is 2.71. The molecule has 11 atom stereocenters. The highest BCUT2D eigenvalue weighted by molar-refractivity contribution is 5.20. The molecule has 0 radical (unpaired) electrons. The Kier molecular flexibility index (Phi) is 6.50. The van der Waals surface area contributed by atoms with E-state index in [0.29, 0.717) is 24.7 Å². The highest BCUT2D eigenvalue weighted by atomic mass is 16.3. The predicted molar refractivity (Wildman–Crippen MR) is 137 cm³/mol. The van der Waals surface area contributed by atoms with E-state index in [4.69, 9.17) is 0 Å². The lowest BCUT2D eigenvalue weighted by atomic mass is 9.35. The van der Waals surface area contributed by atoms with Crippen molar-refractivity contribution in [2.45, 2.75) is 130 Å². The Hall–Kier alpha value is -0.420. The largest absolute Gasteiger partial charge is 0.393 e. The fourth-order valence-electron chi connectivity index (χ4n) is 10.3. The number of hydrogen-bond acceptors (Lipinski definition) is 4. The first kappa shape index (κ1) is 26.6. The number of fused-ring (bicyclic) bond motifs is 5. The Morgan fingerprint density at radius 1 is 0.971 bits per heavy atom. The fourth-order valence-corrected chi connectivity index (χ4v) is 10.3. The second-order valence-electron chi connectivity index (χ2n) is 14.6. The van der Waals surface area contributed by atoms with Crippen LogP contribution in [0.3, 0.4) is 0 Å². The van der Waals surface area contributed by atoms with Gasteiger partial charge in [0.15, 0.2) is 0 Å². The van der Waals surface area contributed by atoms with Gasteiger partial charge in [0.25, 0.3) is 0 Å². The smallest absolute Gasteiger partial charge is 0.0745 e. The standard InChI is InChI=1S/C30H52O4/c1-18(2)20(31)10-16-30(8,34)19-9-14-29(7)25(19)21(32)17-23-27(5)13-12-24(33)26(3,4)22(27)11-15-28(23,29)6/h19-25,31-34H,1,9-17H2,2-8H3/t19-,20+,21+,22?,23?,24+,25-,27-,28+,29+,30-/m0/s1. The van der Waals surface area contributed by atoms with E-state index >= 15 is 0 Å². The molecular weight excluding hydrogens is 424 g/mol. The van der Waals surface area contributed by atoms with E-state index in [1.54, 1.807) is 0 Å². The molecule has 0 saturated heterocycles. The van der Waals surface area contributed by atoms with Crippen LogP contribution in [0.25, 0.3) is 0 Å². The summed E-state index contributed by atoms with van der Waals surface area (Å²) in [6.07, 6.45) is 6.72. The molecule has 0 spiro atoms. The zero-order valence-electron chi connectivity index (χ0n) is 22.9. The van der Waals surface area contributed by atoms with Crippen molar-refractivity contribution in [2.75, 3.05) is 0 Å². The van der Waals surface area contributed by atoms with Gasteiger partial charge in [0.1, 0.15) is 0 Å². The average Bonchev–Trinajstić information content (AvgIpc) is 3.12. The molecule has 4 N–H and O–H groups in total. The van der Waals surface area contributed by atoms with E-state index in [0.717, 1.165) is 50.5 Å². The molecule has 196 valence electrons. The summed E-state index contributed by atoms with van der Waals surface area (Å²) in [6, 6.07) is 0. The van der Waals surface area contributed by atoms with Gasteiger partial charge in [-0.15, -0.1) is 0 Å². The van der Waals surface area contributed by atoms with Crippen LogP contribution in [0.5, 0.6) is 0 Å². The third-order valence-corrected chi connectivity index (χ3v) is 12.7. The Balaban J connectivity index is 1.64. The van der Waals surface area contributed by atoms with Gasteiger partial charge in [-0.3, -0.25) is 0 Å². The van der Waals surface area contributed by atoms with E-state index in [9.17, 15) is 20.4 Å². The van der Waals surface area contributed by atoms with Crippen molar-refractivity contribution in [3.63, 3.8) is 0 Å². The maximum atomic E-state index is 11.8. The van der Waals surface area contributed by atoms with Crippen molar-refractivity contribution in [3.8, 4) is 0 Å². The monoisotopic (exact) mass is 476 g/mol. The Labute approximate surface area is 208 Å². The summed E-state index contributed by atoms with van der Waals surface area (Å²) in [4.78, 5) is 0. The Morgan fingerprint density at radius 2 is 1.59 bits per heavy atom. The number of rotatable bonds is 5. The number of aliphatic hydroxyl groups excluding tert-OH is 3. The van der Waals surface area contributed by atoms with E-state index in [1.807, 2.05) is 13.8 Å². The van der Waals surface area contributed by atoms with Gasteiger partial charge in [-0.1, -0.05) is 46.8 Å². The maximum Gasteiger partial charge on any atom is 0.0745 e. The van der Waals surface area contributed by atoms with E-state index < -0.39 is 17.8 Å². The lowest BCUT2D eigenvalue weighted by Crippen LogP contribution is -2.66. The molecule has 0 aromatic heterocycles. The molecule has 0 heterocycles. The Bertz CT molecular complexity index is 804. The molecule has 4 rings (SSSR count). The molecule has 4 aliphatic rings. The van der Waals surface area contributed by atoms with Crippen LogP contribution >= 0.6 is 0 Å². The second-order valence-corrected chi connectivity index (χ2v) is 14.6. The van der Waals surface area contributed by atoms with E-state index in [1.165, 1.54) is 0 Å². The first-order chi connectivity index (χ1) is 15.5. The van der Waals surface area contributed by atoms with Gasteiger partial charge in [0, 0.05) is 0 Å². The van der Waals surface area contributed by atoms with Gasteiger partial charge >= 0.3 is 0 Å². The minimum Gasteiger partial charge on any atom is -0.393 e. The van der Waals surface area contributed by atoms with Gasteiger partial charge in [-0.2, -0.15) is 0 Å². The molecule has 0 aromatic rings. The molecule has 4 heteroatoms. The van der Waals surface area contributed by atoms with Gasteiger partial charge < -0.3 is 20.4 Å². The first-order valence-electron chi connectivity index (χ1n) is 13.9. The maximum absolute atomic E-state index is 11.8. The van der Waals surface area contributed by atoms with Gasteiger partial charge in [-0.05, 0) is 117 Å². The molecule has 4 fully saturated rings. The molecular formula is C30H52O4. The average molecular weight is 477 g/mol. The van der Waals surface area contributed by atoms with Crippen molar-refractivity contribution in [2.24, 2.45) is 45.3 Å². The van der Waals surface area contributed by atoms with Crippen molar-refractivity contribution >= 4 is 0 Å². The summed E-state index contributed by atoms with van der Waals surface area (Å²) < 4.78 is 0. The van der Waals surface area contributed by atoms with Crippen molar-refractivity contribution in [1.29, 1.82) is 0 Å². The van der Waals surface area contributed by atoms with Crippen LogP contribution in [0.15, 0.2) is 12.2 Å². The van der Waals surface area contributed by atoms with Gasteiger partial charge in [-0.25, -0.2) is 0 Å². The summed E-state index contributed by atoms with van der Waals surface area (Å²) in [5.74, 6) is 1.01. The molecule has 4 saturated carbocycles. The normalized spacial score (nSPS) is 50.4. The third-order valence-electron chi connectivity index (χ3n) is 12.7. The van der Waals surface area contributed by atoms with E-state index in [-0.39, 0.29) is 39.6 Å². The first-order valence-corrected chi connectivity index (χ1v) is 13.9. The lowest BCUT2D eigenvalue weighted by molar-refractivity contribution is -0.246. The second kappa shape index (κ2) is 8.30. The summed E-state index contributed by atoms with van der Waals surface area (Å²) in [5.41, 5.74) is -0.0556. The van der Waals surface area contributed by atoms with E-state index in [2.05, 4.69) is 41.2 Å². The number of hydrogen-bond donors (Lipinski definition) is 4. The summed E-state index contributed by atoms with van der Waals surface area (Å²) in [5, 5.41) is 44.5. The van der Waals surface area contributed by atoms with Crippen molar-refractivity contribution in [3.05, 3.63) is 12.2 Å². The molecule has 0 amide bonds. The molecule has 34 heavy (non-hydrogen) atoms. The minimum atomic E-state index is -0.916. The minimum absolute atomic E-state index is 0.0227. The predicted octanol–water partition coefficient (Wildman–Crippen LogP) is 5.47. The molecule has 0 bridgehead atoms.